The van der Waals surface area contributed by atoms with Gasteiger partial charge in [-0.1, -0.05) is 6.07 Å². The van der Waals surface area contributed by atoms with Crippen molar-refractivity contribution in [3.8, 4) is 0 Å². The number of morpholine rings is 1. The van der Waals surface area contributed by atoms with Crippen molar-refractivity contribution in [1.82, 2.24) is 8.61 Å². The van der Waals surface area contributed by atoms with Crippen molar-refractivity contribution in [1.29, 1.82) is 0 Å². The van der Waals surface area contributed by atoms with Gasteiger partial charge in [-0.25, -0.2) is 0 Å². The summed E-state index contributed by atoms with van der Waals surface area (Å²) in [6, 6.07) is 5.13. The molecule has 0 bridgehead atoms. The first kappa shape index (κ1) is 20.4. The number of ether oxygens (including phenoxy) is 1. The molecule has 2 saturated heterocycles. The molecule has 152 valence electrons. The summed E-state index contributed by atoms with van der Waals surface area (Å²) in [4.78, 5) is 1.78. The Bertz CT molecular complexity index is 754. The predicted molar refractivity (Wildman–Crippen MR) is 95.7 cm³/mol. The van der Waals surface area contributed by atoms with Crippen LogP contribution in [0.1, 0.15) is 19.4 Å². The molecule has 2 heterocycles. The Hall–Kier alpha value is -1.36. The third-order valence-electron chi connectivity index (χ3n) is 4.82. The molecular weight excluding hydrogens is 383 g/mol. The van der Waals surface area contributed by atoms with E-state index in [9.17, 15) is 21.6 Å². The maximum atomic E-state index is 12.9. The monoisotopic (exact) mass is 407 g/mol. The number of nitrogens with zero attached hydrogens (tertiary/aromatic N) is 3. The molecule has 2 fully saturated rings. The second-order valence-corrected chi connectivity index (χ2v) is 8.94. The van der Waals surface area contributed by atoms with Crippen molar-refractivity contribution in [3.05, 3.63) is 29.8 Å². The fraction of sp³-hybridized carbons (Fsp3) is 0.647. The minimum absolute atomic E-state index is 0.171. The minimum Gasteiger partial charge on any atom is -0.373 e. The lowest BCUT2D eigenvalue weighted by Crippen LogP contribution is -2.57. The predicted octanol–water partition coefficient (Wildman–Crippen LogP) is 2.18. The Labute approximate surface area is 157 Å². The quantitative estimate of drug-likeness (QED) is 0.771. The second-order valence-electron chi connectivity index (χ2n) is 7.02. The molecule has 0 spiro atoms. The van der Waals surface area contributed by atoms with E-state index in [1.165, 1.54) is 14.7 Å². The summed E-state index contributed by atoms with van der Waals surface area (Å²) in [5, 5.41) is 0. The van der Waals surface area contributed by atoms with E-state index in [1.807, 2.05) is 13.8 Å². The highest BCUT2D eigenvalue weighted by atomic mass is 32.2. The highest BCUT2D eigenvalue weighted by Gasteiger charge is 2.37. The third-order valence-corrected chi connectivity index (χ3v) is 6.78. The first-order valence-electron chi connectivity index (χ1n) is 8.90. The molecule has 27 heavy (non-hydrogen) atoms. The molecule has 0 N–H and O–H groups in total. The molecule has 2 aliphatic rings. The Kier molecular flexibility index (Phi) is 5.72. The molecule has 0 saturated carbocycles. The van der Waals surface area contributed by atoms with Gasteiger partial charge < -0.3 is 9.64 Å². The van der Waals surface area contributed by atoms with Crippen LogP contribution in [0.25, 0.3) is 0 Å². The molecule has 2 unspecified atom stereocenters. The van der Waals surface area contributed by atoms with E-state index in [1.54, 1.807) is 11.0 Å². The van der Waals surface area contributed by atoms with E-state index in [2.05, 4.69) is 0 Å². The Morgan fingerprint density at radius 2 is 1.59 bits per heavy atom. The van der Waals surface area contributed by atoms with Crippen molar-refractivity contribution in [3.63, 3.8) is 0 Å². The average molecular weight is 407 g/mol. The van der Waals surface area contributed by atoms with Gasteiger partial charge in [0.2, 0.25) is 0 Å². The number of hydrogen-bond acceptors (Lipinski definition) is 4. The summed E-state index contributed by atoms with van der Waals surface area (Å²) >= 11 is 0. The summed E-state index contributed by atoms with van der Waals surface area (Å²) in [6.45, 7) is 5.44. The van der Waals surface area contributed by atoms with Crippen LogP contribution in [0, 0.1) is 0 Å². The summed E-state index contributed by atoms with van der Waals surface area (Å²) in [5.74, 6) is 0. The zero-order chi connectivity index (χ0) is 19.8. The minimum atomic E-state index is -4.40. The molecule has 1 aromatic carbocycles. The highest BCUT2D eigenvalue weighted by Crippen LogP contribution is 2.32. The lowest BCUT2D eigenvalue weighted by molar-refractivity contribution is -0.137. The first-order chi connectivity index (χ1) is 12.6. The fourth-order valence-corrected chi connectivity index (χ4v) is 5.29. The van der Waals surface area contributed by atoms with Crippen molar-refractivity contribution >= 4 is 15.9 Å². The van der Waals surface area contributed by atoms with E-state index in [0.29, 0.717) is 31.9 Å². The lowest BCUT2D eigenvalue weighted by atomic mass is 10.1. The molecule has 3 rings (SSSR count). The van der Waals surface area contributed by atoms with Crippen LogP contribution in [0.4, 0.5) is 18.9 Å². The lowest BCUT2D eigenvalue weighted by Gasteiger charge is -2.40. The number of rotatable bonds is 3. The standard InChI is InChI=1S/C17H24F3N3O3S/c1-13-11-23(12-14(2)26-13)27(24,25)22-8-6-21(7-9-22)16-5-3-4-15(10-16)17(18,19)20/h3-5,10,13-14H,6-9,11-12H2,1-2H3. The van der Waals surface area contributed by atoms with Crippen LogP contribution >= 0.6 is 0 Å². The van der Waals surface area contributed by atoms with Crippen molar-refractivity contribution < 1.29 is 26.3 Å². The van der Waals surface area contributed by atoms with Crippen LogP contribution in [0.5, 0.6) is 0 Å². The maximum absolute atomic E-state index is 12.9. The molecule has 0 aromatic heterocycles. The number of alkyl halides is 3. The summed E-state index contributed by atoms with van der Waals surface area (Å²) in [7, 11) is -3.61. The van der Waals surface area contributed by atoms with Gasteiger partial charge >= 0.3 is 6.18 Å². The van der Waals surface area contributed by atoms with E-state index < -0.39 is 21.9 Å². The third kappa shape index (κ3) is 4.56. The number of hydrogen-bond donors (Lipinski definition) is 0. The zero-order valence-corrected chi connectivity index (χ0v) is 16.1. The zero-order valence-electron chi connectivity index (χ0n) is 15.3. The van der Waals surface area contributed by atoms with Crippen molar-refractivity contribution in [2.75, 3.05) is 44.2 Å². The first-order valence-corrected chi connectivity index (χ1v) is 10.3. The van der Waals surface area contributed by atoms with Gasteiger partial charge in [-0.05, 0) is 32.0 Å². The van der Waals surface area contributed by atoms with E-state index in [0.717, 1.165) is 12.1 Å². The Morgan fingerprint density at radius 1 is 1.00 bits per heavy atom. The van der Waals surface area contributed by atoms with Gasteiger partial charge in [0.25, 0.3) is 10.2 Å². The van der Waals surface area contributed by atoms with Crippen LogP contribution in [0.3, 0.4) is 0 Å². The molecule has 2 atom stereocenters. The van der Waals surface area contributed by atoms with Gasteiger partial charge in [-0.15, -0.1) is 0 Å². The molecule has 1 aromatic rings. The summed E-state index contributed by atoms with van der Waals surface area (Å²) < 4.78 is 72.9. The van der Waals surface area contributed by atoms with E-state index >= 15 is 0 Å². The van der Waals surface area contributed by atoms with Crippen molar-refractivity contribution in [2.45, 2.75) is 32.2 Å². The normalized spacial score (nSPS) is 26.3. The maximum Gasteiger partial charge on any atom is 0.416 e. The van der Waals surface area contributed by atoms with Crippen LogP contribution in [0.15, 0.2) is 24.3 Å². The van der Waals surface area contributed by atoms with Gasteiger partial charge in [0.1, 0.15) is 0 Å². The highest BCUT2D eigenvalue weighted by molar-refractivity contribution is 7.86. The second kappa shape index (κ2) is 7.57. The molecule has 0 aliphatic carbocycles. The smallest absolute Gasteiger partial charge is 0.373 e. The van der Waals surface area contributed by atoms with Crippen LogP contribution < -0.4 is 4.90 Å². The summed E-state index contributed by atoms with van der Waals surface area (Å²) in [5.41, 5.74) is -0.248. The van der Waals surface area contributed by atoms with Crippen LogP contribution in [-0.4, -0.2) is 68.5 Å². The molecule has 2 aliphatic heterocycles. The average Bonchev–Trinajstić information content (AvgIpc) is 2.60. The van der Waals surface area contributed by atoms with Gasteiger partial charge in [0.05, 0.1) is 17.8 Å². The largest absolute Gasteiger partial charge is 0.416 e. The van der Waals surface area contributed by atoms with Crippen molar-refractivity contribution in [2.24, 2.45) is 0 Å². The van der Waals surface area contributed by atoms with Gasteiger partial charge in [-0.3, -0.25) is 0 Å². The SMILES string of the molecule is CC1CN(S(=O)(=O)N2CCN(c3cccc(C(F)(F)F)c3)CC2)CC(C)O1. The topological polar surface area (TPSA) is 53.1 Å². The fourth-order valence-electron chi connectivity index (χ4n) is 3.54. The molecule has 0 radical (unpaired) electrons. The molecular formula is C17H24F3N3O3S. The van der Waals surface area contributed by atoms with Gasteiger partial charge in [0, 0.05) is 45.0 Å². The van der Waals surface area contributed by atoms with Crippen LogP contribution in [-0.2, 0) is 21.1 Å². The molecule has 6 nitrogen and oxygen atoms in total. The number of halogens is 3. The van der Waals surface area contributed by atoms with Gasteiger partial charge in [-0.2, -0.15) is 30.2 Å². The number of anilines is 1. The molecule has 0 amide bonds. The van der Waals surface area contributed by atoms with Gasteiger partial charge in [0.15, 0.2) is 0 Å². The van der Waals surface area contributed by atoms with Crippen LogP contribution in [0.2, 0.25) is 0 Å². The Balaban J connectivity index is 1.67. The number of benzene rings is 1. The Morgan fingerprint density at radius 3 is 2.15 bits per heavy atom. The van der Waals surface area contributed by atoms with E-state index in [4.69, 9.17) is 4.74 Å². The van der Waals surface area contributed by atoms with E-state index in [-0.39, 0.29) is 25.3 Å². The number of piperazine rings is 1. The summed E-state index contributed by atoms with van der Waals surface area (Å²) in [6.07, 6.45) is -4.74. The molecule has 10 heteroatoms.